The van der Waals surface area contributed by atoms with E-state index in [2.05, 4.69) is 15.5 Å². The highest BCUT2D eigenvalue weighted by atomic mass is 16.3. The standard InChI is InChI=1S/C12H14N4O2/c1-7-9(3-2-4-10(7)17)12(18)14-5-8-6-15-16-11(8)13/h2-4,6,17H,5H2,1H3,(H,14,18)(H3,13,15,16). The largest absolute Gasteiger partial charge is 0.508 e. The lowest BCUT2D eigenvalue weighted by molar-refractivity contribution is 0.0950. The van der Waals surface area contributed by atoms with E-state index in [1.807, 2.05) is 0 Å². The van der Waals surface area contributed by atoms with Gasteiger partial charge >= 0.3 is 0 Å². The lowest BCUT2D eigenvalue weighted by Gasteiger charge is -2.08. The number of rotatable bonds is 3. The number of aromatic nitrogens is 2. The Kier molecular flexibility index (Phi) is 3.18. The third kappa shape index (κ3) is 2.27. The first kappa shape index (κ1) is 12.0. The van der Waals surface area contributed by atoms with Crippen LogP contribution < -0.4 is 11.1 Å². The Morgan fingerprint density at radius 3 is 3.00 bits per heavy atom. The van der Waals surface area contributed by atoms with Gasteiger partial charge in [0.25, 0.3) is 5.91 Å². The molecule has 1 heterocycles. The first-order valence-electron chi connectivity index (χ1n) is 5.44. The zero-order valence-corrected chi connectivity index (χ0v) is 9.90. The number of carbonyl (C=O) groups excluding carboxylic acids is 1. The van der Waals surface area contributed by atoms with Gasteiger partial charge in [-0.25, -0.2) is 0 Å². The molecular weight excluding hydrogens is 232 g/mol. The monoisotopic (exact) mass is 246 g/mol. The maximum atomic E-state index is 11.9. The minimum absolute atomic E-state index is 0.102. The highest BCUT2D eigenvalue weighted by Gasteiger charge is 2.11. The number of nitrogens with one attached hydrogen (secondary N) is 2. The van der Waals surface area contributed by atoms with Gasteiger partial charge in [0.05, 0.1) is 6.20 Å². The van der Waals surface area contributed by atoms with Crippen molar-refractivity contribution in [3.05, 3.63) is 41.1 Å². The first-order chi connectivity index (χ1) is 8.59. The Bertz CT molecular complexity index is 577. The fourth-order valence-corrected chi connectivity index (χ4v) is 1.60. The number of anilines is 1. The molecule has 0 saturated heterocycles. The van der Waals surface area contributed by atoms with Crippen LogP contribution >= 0.6 is 0 Å². The number of nitrogen functional groups attached to an aromatic ring is 1. The van der Waals surface area contributed by atoms with E-state index < -0.39 is 0 Å². The molecule has 0 bridgehead atoms. The van der Waals surface area contributed by atoms with Crippen LogP contribution in [-0.4, -0.2) is 21.2 Å². The maximum absolute atomic E-state index is 11.9. The molecule has 6 nitrogen and oxygen atoms in total. The second-order valence-electron chi connectivity index (χ2n) is 3.94. The van der Waals surface area contributed by atoms with E-state index >= 15 is 0 Å². The molecule has 6 heteroatoms. The highest BCUT2D eigenvalue weighted by Crippen LogP contribution is 2.19. The van der Waals surface area contributed by atoms with Gasteiger partial charge in [0.15, 0.2) is 0 Å². The molecule has 0 aliphatic heterocycles. The average Bonchev–Trinajstić information content (AvgIpc) is 2.75. The van der Waals surface area contributed by atoms with Crippen molar-refractivity contribution in [3.8, 4) is 5.75 Å². The van der Waals surface area contributed by atoms with E-state index in [1.165, 1.54) is 0 Å². The Morgan fingerprint density at radius 2 is 2.33 bits per heavy atom. The number of benzene rings is 1. The molecule has 1 amide bonds. The molecule has 0 saturated carbocycles. The second-order valence-corrected chi connectivity index (χ2v) is 3.94. The summed E-state index contributed by atoms with van der Waals surface area (Å²) in [6.45, 7) is 1.98. The molecule has 5 N–H and O–H groups in total. The number of H-pyrrole nitrogens is 1. The molecular formula is C12H14N4O2. The van der Waals surface area contributed by atoms with Crippen LogP contribution in [0.1, 0.15) is 21.5 Å². The SMILES string of the molecule is Cc1c(O)cccc1C(=O)NCc1cn[nH]c1N. The van der Waals surface area contributed by atoms with Gasteiger partial charge in [-0.2, -0.15) is 5.10 Å². The summed E-state index contributed by atoms with van der Waals surface area (Å²) >= 11 is 0. The van der Waals surface area contributed by atoms with Gasteiger partial charge in [-0.05, 0) is 19.1 Å². The second kappa shape index (κ2) is 4.79. The molecule has 0 atom stereocenters. The Morgan fingerprint density at radius 1 is 1.56 bits per heavy atom. The molecule has 0 aliphatic carbocycles. The molecule has 2 aromatic rings. The van der Waals surface area contributed by atoms with Crippen molar-refractivity contribution in [2.75, 3.05) is 5.73 Å². The number of phenols is 1. The third-order valence-corrected chi connectivity index (χ3v) is 2.74. The summed E-state index contributed by atoms with van der Waals surface area (Å²) in [5.41, 5.74) is 7.33. The van der Waals surface area contributed by atoms with E-state index in [4.69, 9.17) is 5.73 Å². The summed E-state index contributed by atoms with van der Waals surface area (Å²) in [4.78, 5) is 11.9. The lowest BCUT2D eigenvalue weighted by atomic mass is 10.1. The minimum Gasteiger partial charge on any atom is -0.508 e. The highest BCUT2D eigenvalue weighted by molar-refractivity contribution is 5.96. The summed E-state index contributed by atoms with van der Waals surface area (Å²) in [5.74, 6) is 0.275. The van der Waals surface area contributed by atoms with E-state index in [-0.39, 0.29) is 18.2 Å². The van der Waals surface area contributed by atoms with Crippen molar-refractivity contribution in [1.29, 1.82) is 0 Å². The summed E-state index contributed by atoms with van der Waals surface area (Å²) in [5, 5.41) is 18.6. The molecule has 0 unspecified atom stereocenters. The smallest absolute Gasteiger partial charge is 0.251 e. The van der Waals surface area contributed by atoms with Crippen LogP contribution in [0.25, 0.3) is 0 Å². The number of nitrogens with two attached hydrogens (primary N) is 1. The van der Waals surface area contributed by atoms with E-state index in [1.54, 1.807) is 31.3 Å². The zero-order valence-electron chi connectivity index (χ0n) is 9.90. The number of nitrogens with zero attached hydrogens (tertiary/aromatic N) is 1. The minimum atomic E-state index is -0.260. The van der Waals surface area contributed by atoms with Crippen molar-refractivity contribution in [3.63, 3.8) is 0 Å². The van der Waals surface area contributed by atoms with Crippen molar-refractivity contribution in [2.24, 2.45) is 0 Å². The van der Waals surface area contributed by atoms with Crippen LogP contribution in [0.3, 0.4) is 0 Å². The van der Waals surface area contributed by atoms with Crippen molar-refractivity contribution < 1.29 is 9.90 Å². The normalized spacial score (nSPS) is 10.3. The van der Waals surface area contributed by atoms with Crippen LogP contribution in [0.5, 0.6) is 5.75 Å². The van der Waals surface area contributed by atoms with Crippen LogP contribution in [0.2, 0.25) is 0 Å². The number of carbonyl (C=O) groups is 1. The fraction of sp³-hybridized carbons (Fsp3) is 0.167. The average molecular weight is 246 g/mol. The molecule has 0 fully saturated rings. The quantitative estimate of drug-likeness (QED) is 0.646. The van der Waals surface area contributed by atoms with Crippen LogP contribution in [-0.2, 0) is 6.54 Å². The first-order valence-corrected chi connectivity index (χ1v) is 5.44. The Labute approximate surface area is 104 Å². The van der Waals surface area contributed by atoms with Gasteiger partial charge in [-0.15, -0.1) is 0 Å². The topological polar surface area (TPSA) is 104 Å². The fourth-order valence-electron chi connectivity index (χ4n) is 1.60. The Balaban J connectivity index is 2.09. The molecule has 18 heavy (non-hydrogen) atoms. The molecule has 2 rings (SSSR count). The van der Waals surface area contributed by atoms with Crippen LogP contribution in [0.15, 0.2) is 24.4 Å². The Hall–Kier alpha value is -2.50. The molecule has 1 aromatic heterocycles. The molecule has 0 spiro atoms. The van der Waals surface area contributed by atoms with Crippen LogP contribution in [0.4, 0.5) is 5.82 Å². The van der Waals surface area contributed by atoms with Crippen molar-refractivity contribution >= 4 is 11.7 Å². The molecule has 1 aromatic carbocycles. The van der Waals surface area contributed by atoms with Gasteiger partial charge in [0.1, 0.15) is 11.6 Å². The lowest BCUT2D eigenvalue weighted by Crippen LogP contribution is -2.23. The predicted molar refractivity (Wildman–Crippen MR) is 67.0 cm³/mol. The van der Waals surface area contributed by atoms with Gasteiger partial charge < -0.3 is 16.2 Å². The van der Waals surface area contributed by atoms with Crippen molar-refractivity contribution in [1.82, 2.24) is 15.5 Å². The third-order valence-electron chi connectivity index (χ3n) is 2.74. The molecule has 0 radical (unpaired) electrons. The number of aromatic hydroxyl groups is 1. The van der Waals surface area contributed by atoms with Crippen LogP contribution in [0, 0.1) is 6.92 Å². The van der Waals surface area contributed by atoms with Gasteiger partial charge in [-0.1, -0.05) is 6.07 Å². The van der Waals surface area contributed by atoms with E-state index in [0.29, 0.717) is 16.9 Å². The number of aromatic amines is 1. The number of amides is 1. The van der Waals surface area contributed by atoms with E-state index in [9.17, 15) is 9.90 Å². The number of phenolic OH excluding ortho intramolecular Hbond substituents is 1. The molecule has 0 aliphatic rings. The van der Waals surface area contributed by atoms with Gasteiger partial charge in [-0.3, -0.25) is 9.89 Å². The number of hydrogen-bond donors (Lipinski definition) is 4. The number of hydrogen-bond acceptors (Lipinski definition) is 4. The summed E-state index contributed by atoms with van der Waals surface area (Å²) in [6.07, 6.45) is 1.56. The summed E-state index contributed by atoms with van der Waals surface area (Å²) in [6, 6.07) is 4.83. The molecule has 94 valence electrons. The van der Waals surface area contributed by atoms with Gasteiger partial charge in [0.2, 0.25) is 0 Å². The summed E-state index contributed by atoms with van der Waals surface area (Å²) in [7, 11) is 0. The van der Waals surface area contributed by atoms with E-state index in [0.717, 1.165) is 5.56 Å². The predicted octanol–water partition coefficient (Wildman–Crippen LogP) is 0.936. The van der Waals surface area contributed by atoms with Gasteiger partial charge in [0, 0.05) is 23.2 Å². The summed E-state index contributed by atoms with van der Waals surface area (Å²) < 4.78 is 0. The zero-order chi connectivity index (χ0) is 13.1. The van der Waals surface area contributed by atoms with Crippen molar-refractivity contribution in [2.45, 2.75) is 13.5 Å². The maximum Gasteiger partial charge on any atom is 0.251 e.